The summed E-state index contributed by atoms with van der Waals surface area (Å²) < 4.78 is 41.2. The minimum atomic E-state index is -4.48. The lowest BCUT2D eigenvalue weighted by Gasteiger charge is -2.37. The minimum Gasteiger partial charge on any atom is -0.484 e. The summed E-state index contributed by atoms with van der Waals surface area (Å²) in [5.41, 5.74) is -1.03. The van der Waals surface area contributed by atoms with Crippen molar-refractivity contribution in [3.8, 4) is 11.8 Å². The van der Waals surface area contributed by atoms with Crippen LogP contribution in [0.15, 0.2) is 12.3 Å². The highest BCUT2D eigenvalue weighted by Gasteiger charge is 2.40. The molecule has 0 amide bonds. The Kier molecular flexibility index (Phi) is 3.37. The van der Waals surface area contributed by atoms with E-state index in [4.69, 9.17) is 10.00 Å². The third-order valence-corrected chi connectivity index (χ3v) is 3.05. The van der Waals surface area contributed by atoms with Crippen molar-refractivity contribution in [2.24, 2.45) is 0 Å². The van der Waals surface area contributed by atoms with Gasteiger partial charge < -0.3 is 9.84 Å². The van der Waals surface area contributed by atoms with E-state index in [1.165, 1.54) is 6.20 Å². The number of ether oxygens (including phenoxy) is 1. The second-order valence-corrected chi connectivity index (χ2v) is 4.47. The Morgan fingerprint density at radius 3 is 2.63 bits per heavy atom. The molecular weight excluding hydrogens is 261 g/mol. The van der Waals surface area contributed by atoms with E-state index in [-0.39, 0.29) is 17.0 Å². The van der Waals surface area contributed by atoms with Crippen molar-refractivity contribution >= 4 is 0 Å². The van der Waals surface area contributed by atoms with Crippen LogP contribution in [0.2, 0.25) is 0 Å². The molecule has 0 aliphatic heterocycles. The van der Waals surface area contributed by atoms with Crippen LogP contribution < -0.4 is 4.74 Å². The number of nitrogens with zero attached hydrogens (tertiary/aromatic N) is 2. The molecule has 0 unspecified atom stereocenters. The summed E-state index contributed by atoms with van der Waals surface area (Å²) in [4.78, 5) is 3.77. The number of rotatable bonds is 3. The van der Waals surface area contributed by atoms with E-state index >= 15 is 0 Å². The van der Waals surface area contributed by atoms with Gasteiger partial charge in [0.2, 0.25) is 0 Å². The van der Waals surface area contributed by atoms with E-state index in [1.54, 1.807) is 6.07 Å². The zero-order valence-corrected chi connectivity index (χ0v) is 9.87. The molecule has 1 aromatic rings. The molecule has 0 atom stereocenters. The SMILES string of the molecule is N#Cc1cc(OCC(F)(F)F)c(C2(O)CCC2)cn1. The summed E-state index contributed by atoms with van der Waals surface area (Å²) in [6.45, 7) is -1.47. The van der Waals surface area contributed by atoms with Crippen LogP contribution in [0, 0.1) is 11.3 Å². The van der Waals surface area contributed by atoms with Crippen LogP contribution in [-0.2, 0) is 5.60 Å². The quantitative estimate of drug-likeness (QED) is 0.916. The van der Waals surface area contributed by atoms with Gasteiger partial charge in [0.1, 0.15) is 17.5 Å². The number of pyridine rings is 1. The normalized spacial score (nSPS) is 17.4. The summed E-state index contributed by atoms with van der Waals surface area (Å²) in [5, 5.41) is 18.9. The van der Waals surface area contributed by atoms with Crippen LogP contribution in [0.25, 0.3) is 0 Å². The summed E-state index contributed by atoms with van der Waals surface area (Å²) in [7, 11) is 0. The van der Waals surface area contributed by atoms with Crippen molar-refractivity contribution < 1.29 is 23.0 Å². The van der Waals surface area contributed by atoms with Gasteiger partial charge in [-0.05, 0) is 19.3 Å². The molecule has 4 nitrogen and oxygen atoms in total. The average molecular weight is 272 g/mol. The summed E-state index contributed by atoms with van der Waals surface area (Å²) in [6.07, 6.45) is -1.58. The first-order chi connectivity index (χ1) is 8.84. The predicted octanol–water partition coefficient (Wildman–Crippen LogP) is 2.27. The van der Waals surface area contributed by atoms with Gasteiger partial charge in [0.05, 0.1) is 5.60 Å². The second-order valence-electron chi connectivity index (χ2n) is 4.47. The second kappa shape index (κ2) is 4.70. The van der Waals surface area contributed by atoms with E-state index in [2.05, 4.69) is 4.98 Å². The average Bonchev–Trinajstić information content (AvgIpc) is 2.32. The fraction of sp³-hybridized carbons (Fsp3) is 0.500. The van der Waals surface area contributed by atoms with Gasteiger partial charge in [0, 0.05) is 17.8 Å². The zero-order valence-electron chi connectivity index (χ0n) is 9.87. The minimum absolute atomic E-state index is 0.0520. The Bertz CT molecular complexity index is 519. The number of aromatic nitrogens is 1. The van der Waals surface area contributed by atoms with Gasteiger partial charge in [-0.15, -0.1) is 0 Å². The largest absolute Gasteiger partial charge is 0.484 e. The van der Waals surface area contributed by atoms with Gasteiger partial charge in [-0.2, -0.15) is 18.4 Å². The number of aliphatic hydroxyl groups is 1. The van der Waals surface area contributed by atoms with Gasteiger partial charge in [-0.3, -0.25) is 0 Å². The molecule has 102 valence electrons. The van der Waals surface area contributed by atoms with Crippen LogP contribution in [0.1, 0.15) is 30.5 Å². The molecule has 0 saturated heterocycles. The monoisotopic (exact) mass is 272 g/mol. The van der Waals surface area contributed by atoms with Gasteiger partial charge >= 0.3 is 6.18 Å². The Hall–Kier alpha value is -1.81. The Morgan fingerprint density at radius 2 is 2.16 bits per heavy atom. The molecule has 2 rings (SSSR count). The maximum atomic E-state index is 12.2. The fourth-order valence-corrected chi connectivity index (χ4v) is 1.91. The maximum absolute atomic E-state index is 12.2. The van der Waals surface area contributed by atoms with E-state index in [1.807, 2.05) is 0 Å². The van der Waals surface area contributed by atoms with Crippen molar-refractivity contribution in [1.82, 2.24) is 4.98 Å². The van der Waals surface area contributed by atoms with E-state index in [0.29, 0.717) is 12.8 Å². The van der Waals surface area contributed by atoms with Crippen LogP contribution in [0.3, 0.4) is 0 Å². The third-order valence-electron chi connectivity index (χ3n) is 3.05. The first-order valence-electron chi connectivity index (χ1n) is 5.67. The third kappa shape index (κ3) is 2.96. The molecule has 7 heteroatoms. The highest BCUT2D eigenvalue weighted by Crippen LogP contribution is 2.44. The van der Waals surface area contributed by atoms with Crippen LogP contribution >= 0.6 is 0 Å². The topological polar surface area (TPSA) is 66.1 Å². The Balaban J connectivity index is 2.30. The lowest BCUT2D eigenvalue weighted by molar-refractivity contribution is -0.154. The van der Waals surface area contributed by atoms with Gasteiger partial charge in [-0.25, -0.2) is 4.98 Å². The number of hydrogen-bond donors (Lipinski definition) is 1. The van der Waals surface area contributed by atoms with Crippen LogP contribution in [-0.4, -0.2) is 22.9 Å². The number of nitriles is 1. The zero-order chi connectivity index (χ0) is 14.1. The molecule has 1 saturated carbocycles. The molecule has 1 heterocycles. The van der Waals surface area contributed by atoms with E-state index < -0.39 is 18.4 Å². The molecule has 1 aliphatic carbocycles. The molecule has 0 radical (unpaired) electrons. The molecule has 1 aromatic heterocycles. The van der Waals surface area contributed by atoms with Crippen LogP contribution in [0.5, 0.6) is 5.75 Å². The van der Waals surface area contributed by atoms with Gasteiger partial charge in [0.15, 0.2) is 6.61 Å². The van der Waals surface area contributed by atoms with Crippen molar-refractivity contribution in [2.75, 3.05) is 6.61 Å². The Labute approximate surface area is 107 Å². The number of halogens is 3. The number of alkyl halides is 3. The van der Waals surface area contributed by atoms with Gasteiger partial charge in [-0.1, -0.05) is 0 Å². The smallest absolute Gasteiger partial charge is 0.422 e. The predicted molar refractivity (Wildman–Crippen MR) is 58.2 cm³/mol. The van der Waals surface area contributed by atoms with Crippen LogP contribution in [0.4, 0.5) is 13.2 Å². The molecule has 1 aliphatic rings. The van der Waals surface area contributed by atoms with E-state index in [9.17, 15) is 18.3 Å². The summed E-state index contributed by atoms with van der Waals surface area (Å²) >= 11 is 0. The standard InChI is InChI=1S/C12H11F3N2O2/c13-12(14,15)7-19-10-4-8(5-16)17-6-9(10)11(18)2-1-3-11/h4,6,18H,1-3,7H2. The molecule has 0 bridgehead atoms. The first-order valence-corrected chi connectivity index (χ1v) is 5.67. The fourth-order valence-electron chi connectivity index (χ4n) is 1.91. The van der Waals surface area contributed by atoms with Gasteiger partial charge in [0.25, 0.3) is 0 Å². The Morgan fingerprint density at radius 1 is 1.47 bits per heavy atom. The molecule has 0 aromatic carbocycles. The highest BCUT2D eigenvalue weighted by atomic mass is 19.4. The molecular formula is C12H11F3N2O2. The maximum Gasteiger partial charge on any atom is 0.422 e. The van der Waals surface area contributed by atoms with Crippen molar-refractivity contribution in [3.05, 3.63) is 23.5 Å². The summed E-state index contributed by atoms with van der Waals surface area (Å²) in [5.74, 6) is -0.133. The first kappa shape index (κ1) is 13.6. The number of hydrogen-bond acceptors (Lipinski definition) is 4. The van der Waals surface area contributed by atoms with Crippen molar-refractivity contribution in [1.29, 1.82) is 5.26 Å². The summed E-state index contributed by atoms with van der Waals surface area (Å²) in [6, 6.07) is 2.85. The van der Waals surface area contributed by atoms with Crippen molar-refractivity contribution in [2.45, 2.75) is 31.0 Å². The highest BCUT2D eigenvalue weighted by molar-refractivity contribution is 5.41. The molecule has 19 heavy (non-hydrogen) atoms. The molecule has 0 spiro atoms. The van der Waals surface area contributed by atoms with E-state index in [0.717, 1.165) is 12.5 Å². The molecule has 1 N–H and O–H groups in total. The molecule has 1 fully saturated rings. The lowest BCUT2D eigenvalue weighted by atomic mass is 9.75. The lowest BCUT2D eigenvalue weighted by Crippen LogP contribution is -2.34. The van der Waals surface area contributed by atoms with Crippen molar-refractivity contribution in [3.63, 3.8) is 0 Å².